The van der Waals surface area contributed by atoms with Crippen LogP contribution in [0.15, 0.2) is 48.6 Å². The standard InChI is InChI=1S/C75H138O6/c1-4-7-10-13-16-19-22-24-26-28-30-32-34-36-37-39-40-42-44-46-48-50-53-56-59-62-65-68-74(77)80-71-72(70-79-73(76)67-64-61-58-55-52-21-18-15-12-9-6-3)81-75(78)69-66-63-60-57-54-51-49-47-45-43-41-38-35-33-31-29-27-25-23-20-17-14-11-8-5-2/h15,18,22,24,28-31,72H,4-14,16-17,19-21,23,25-27,32-71H2,1-3H3/b18-15-,24-22-,30-28-,31-29-. The molecule has 0 aromatic carbocycles. The van der Waals surface area contributed by atoms with Crippen molar-refractivity contribution >= 4 is 17.9 Å². The molecule has 0 aliphatic heterocycles. The molecule has 6 nitrogen and oxygen atoms in total. The van der Waals surface area contributed by atoms with Crippen LogP contribution in [-0.4, -0.2) is 37.2 Å². The average molecular weight is 1140 g/mol. The smallest absolute Gasteiger partial charge is 0.306 e. The van der Waals surface area contributed by atoms with Gasteiger partial charge in [0.2, 0.25) is 0 Å². The fourth-order valence-electron chi connectivity index (χ4n) is 10.8. The molecule has 0 saturated carbocycles. The van der Waals surface area contributed by atoms with E-state index in [0.29, 0.717) is 19.3 Å². The number of hydrogen-bond acceptors (Lipinski definition) is 6. The lowest BCUT2D eigenvalue weighted by Crippen LogP contribution is -2.30. The highest BCUT2D eigenvalue weighted by Gasteiger charge is 2.19. The molecule has 1 unspecified atom stereocenters. The molecule has 474 valence electrons. The largest absolute Gasteiger partial charge is 0.462 e. The van der Waals surface area contributed by atoms with E-state index in [1.165, 1.54) is 283 Å². The van der Waals surface area contributed by atoms with Gasteiger partial charge in [-0.05, 0) is 96.3 Å². The van der Waals surface area contributed by atoms with E-state index in [4.69, 9.17) is 14.2 Å². The van der Waals surface area contributed by atoms with Gasteiger partial charge in [0.15, 0.2) is 6.10 Å². The Bertz CT molecular complexity index is 1400. The second kappa shape index (κ2) is 69.9. The van der Waals surface area contributed by atoms with E-state index in [2.05, 4.69) is 69.4 Å². The molecule has 0 aliphatic carbocycles. The molecule has 0 N–H and O–H groups in total. The van der Waals surface area contributed by atoms with E-state index in [9.17, 15) is 14.4 Å². The Balaban J connectivity index is 4.17. The van der Waals surface area contributed by atoms with E-state index in [1.54, 1.807) is 0 Å². The molecule has 0 aliphatic rings. The summed E-state index contributed by atoms with van der Waals surface area (Å²) in [6, 6.07) is 0. The van der Waals surface area contributed by atoms with E-state index in [-0.39, 0.29) is 31.1 Å². The highest BCUT2D eigenvalue weighted by molar-refractivity contribution is 5.71. The van der Waals surface area contributed by atoms with Crippen molar-refractivity contribution in [1.29, 1.82) is 0 Å². The zero-order valence-electron chi connectivity index (χ0n) is 54.6. The normalized spacial score (nSPS) is 12.3. The minimum atomic E-state index is -0.776. The van der Waals surface area contributed by atoms with E-state index in [0.717, 1.165) is 70.6 Å². The summed E-state index contributed by atoms with van der Waals surface area (Å²) < 4.78 is 17.0. The molecule has 0 radical (unpaired) electrons. The van der Waals surface area contributed by atoms with Crippen molar-refractivity contribution in [2.24, 2.45) is 0 Å². The Morgan fingerprint density at radius 3 is 0.728 bits per heavy atom. The second-order valence-electron chi connectivity index (χ2n) is 24.5. The summed E-state index contributed by atoms with van der Waals surface area (Å²) in [5, 5.41) is 0. The van der Waals surface area contributed by atoms with Crippen LogP contribution >= 0.6 is 0 Å². The first-order chi connectivity index (χ1) is 40.0. The summed E-state index contributed by atoms with van der Waals surface area (Å²) >= 11 is 0. The van der Waals surface area contributed by atoms with E-state index in [1.807, 2.05) is 0 Å². The number of ether oxygens (including phenoxy) is 3. The van der Waals surface area contributed by atoms with Crippen LogP contribution in [0.25, 0.3) is 0 Å². The summed E-state index contributed by atoms with van der Waals surface area (Å²) in [5.41, 5.74) is 0. The predicted octanol–water partition coefficient (Wildman–Crippen LogP) is 24.9. The lowest BCUT2D eigenvalue weighted by Gasteiger charge is -2.18. The number of rotatable bonds is 67. The topological polar surface area (TPSA) is 78.9 Å². The van der Waals surface area contributed by atoms with Gasteiger partial charge in [-0.3, -0.25) is 14.4 Å². The van der Waals surface area contributed by atoms with Crippen molar-refractivity contribution in [3.8, 4) is 0 Å². The van der Waals surface area contributed by atoms with Crippen LogP contribution in [0.1, 0.15) is 393 Å². The van der Waals surface area contributed by atoms with Crippen molar-refractivity contribution < 1.29 is 28.6 Å². The molecule has 0 rings (SSSR count). The number of hydrogen-bond donors (Lipinski definition) is 0. The maximum atomic E-state index is 12.9. The van der Waals surface area contributed by atoms with Crippen LogP contribution < -0.4 is 0 Å². The summed E-state index contributed by atoms with van der Waals surface area (Å²) in [5.74, 6) is -0.858. The van der Waals surface area contributed by atoms with Gasteiger partial charge < -0.3 is 14.2 Å². The maximum Gasteiger partial charge on any atom is 0.306 e. The first-order valence-electron chi connectivity index (χ1n) is 36.1. The van der Waals surface area contributed by atoms with Crippen molar-refractivity contribution in [3.05, 3.63) is 48.6 Å². The summed E-state index contributed by atoms with van der Waals surface area (Å²) in [6.45, 7) is 6.65. The van der Waals surface area contributed by atoms with Crippen molar-refractivity contribution in [3.63, 3.8) is 0 Å². The fraction of sp³-hybridized carbons (Fsp3) is 0.853. The molecule has 1 atom stereocenters. The van der Waals surface area contributed by atoms with E-state index < -0.39 is 6.10 Å². The first kappa shape index (κ1) is 78.4. The van der Waals surface area contributed by atoms with Crippen LogP contribution in [0.4, 0.5) is 0 Å². The van der Waals surface area contributed by atoms with Crippen LogP contribution in [0.2, 0.25) is 0 Å². The van der Waals surface area contributed by atoms with Crippen LogP contribution in [0.5, 0.6) is 0 Å². The molecular weight excluding hydrogens is 997 g/mol. The van der Waals surface area contributed by atoms with Gasteiger partial charge in [0.1, 0.15) is 13.2 Å². The van der Waals surface area contributed by atoms with Gasteiger partial charge in [-0.1, -0.05) is 326 Å². The SMILES string of the molecule is CCCC/C=C\CCCCCCCC(=O)OCC(COC(=O)CCCCCCCCCCCCCCCCC/C=C\C/C=C\CCCCCCC)OC(=O)CCCCCCCCCCCCCCC/C=C\CCCCCCCCCC. The van der Waals surface area contributed by atoms with Gasteiger partial charge in [0.25, 0.3) is 0 Å². The molecule has 0 amide bonds. The molecule has 0 fully saturated rings. The molecular formula is C75H138O6. The molecule has 81 heavy (non-hydrogen) atoms. The van der Waals surface area contributed by atoms with E-state index >= 15 is 0 Å². The van der Waals surface area contributed by atoms with Gasteiger partial charge in [-0.2, -0.15) is 0 Å². The maximum absolute atomic E-state index is 12.9. The second-order valence-corrected chi connectivity index (χ2v) is 24.5. The minimum absolute atomic E-state index is 0.0720. The van der Waals surface area contributed by atoms with Gasteiger partial charge in [-0.15, -0.1) is 0 Å². The Kier molecular flexibility index (Phi) is 67.6. The number of unbranched alkanes of at least 4 members (excludes halogenated alkanes) is 48. The third-order valence-electron chi connectivity index (χ3n) is 16.3. The van der Waals surface area contributed by atoms with Gasteiger partial charge >= 0.3 is 17.9 Å². The average Bonchev–Trinajstić information content (AvgIpc) is 3.47. The molecule has 6 heteroatoms. The monoisotopic (exact) mass is 1140 g/mol. The first-order valence-corrected chi connectivity index (χ1v) is 36.1. The Labute approximate surface area is 505 Å². The number of allylic oxidation sites excluding steroid dienone is 8. The molecule has 0 bridgehead atoms. The van der Waals surface area contributed by atoms with Gasteiger partial charge in [-0.25, -0.2) is 0 Å². The minimum Gasteiger partial charge on any atom is -0.462 e. The molecule has 0 aromatic heterocycles. The molecule has 0 aromatic rings. The zero-order chi connectivity index (χ0) is 58.5. The lowest BCUT2D eigenvalue weighted by molar-refractivity contribution is -0.167. The van der Waals surface area contributed by atoms with Crippen LogP contribution in [0.3, 0.4) is 0 Å². The molecule has 0 heterocycles. The Hall–Kier alpha value is -2.63. The third-order valence-corrected chi connectivity index (χ3v) is 16.3. The highest BCUT2D eigenvalue weighted by Crippen LogP contribution is 2.18. The fourth-order valence-corrected chi connectivity index (χ4v) is 10.8. The lowest BCUT2D eigenvalue weighted by atomic mass is 10.0. The molecule has 0 saturated heterocycles. The Morgan fingerprint density at radius 1 is 0.247 bits per heavy atom. The summed E-state index contributed by atoms with van der Waals surface area (Å²) in [6.07, 6.45) is 88.7. The highest BCUT2D eigenvalue weighted by atomic mass is 16.6. The number of carbonyl (C=O) groups is 3. The van der Waals surface area contributed by atoms with Crippen LogP contribution in [-0.2, 0) is 28.6 Å². The number of esters is 3. The summed E-state index contributed by atoms with van der Waals surface area (Å²) in [4.78, 5) is 38.4. The van der Waals surface area contributed by atoms with Crippen molar-refractivity contribution in [2.45, 2.75) is 399 Å². The van der Waals surface area contributed by atoms with Gasteiger partial charge in [0, 0.05) is 19.3 Å². The Morgan fingerprint density at radius 2 is 0.457 bits per heavy atom. The van der Waals surface area contributed by atoms with Crippen molar-refractivity contribution in [2.75, 3.05) is 13.2 Å². The molecule has 0 spiro atoms. The quantitative estimate of drug-likeness (QED) is 0.0261. The third kappa shape index (κ3) is 68.0. The number of carbonyl (C=O) groups excluding carboxylic acids is 3. The van der Waals surface area contributed by atoms with Gasteiger partial charge in [0.05, 0.1) is 0 Å². The predicted molar refractivity (Wildman–Crippen MR) is 353 cm³/mol. The van der Waals surface area contributed by atoms with Crippen molar-refractivity contribution in [1.82, 2.24) is 0 Å². The zero-order valence-corrected chi connectivity index (χ0v) is 54.6. The van der Waals surface area contributed by atoms with Crippen LogP contribution in [0, 0.1) is 0 Å². The summed E-state index contributed by atoms with van der Waals surface area (Å²) in [7, 11) is 0.